The maximum Gasteiger partial charge on any atom is 0.410 e. The molecule has 0 bridgehead atoms. The molecule has 15 nitrogen and oxygen atoms in total. The molecule has 3 heterocycles. The molecule has 0 spiro atoms. The van der Waals surface area contributed by atoms with Gasteiger partial charge in [0.15, 0.2) is 0 Å². The molecule has 2 unspecified atom stereocenters. The molecule has 3 N–H and O–H groups in total. The summed E-state index contributed by atoms with van der Waals surface area (Å²) in [7, 11) is 0. The molecule has 2 aliphatic rings. The second kappa shape index (κ2) is 16.5. The summed E-state index contributed by atoms with van der Waals surface area (Å²) in [4.78, 5) is 80.8. The quantitative estimate of drug-likeness (QED) is 0.196. The Labute approximate surface area is 321 Å². The summed E-state index contributed by atoms with van der Waals surface area (Å²) in [5.41, 5.74) is 0.221. The van der Waals surface area contributed by atoms with Crippen LogP contribution in [0.5, 0.6) is 0 Å². The average Bonchev–Trinajstić information content (AvgIpc) is 3.49. The van der Waals surface area contributed by atoms with Gasteiger partial charge in [0.05, 0.1) is 11.2 Å². The first-order valence-electron chi connectivity index (χ1n) is 18.2. The van der Waals surface area contributed by atoms with Crippen LogP contribution in [0.1, 0.15) is 48.7 Å². The Hall–Kier alpha value is -6.45. The van der Waals surface area contributed by atoms with Gasteiger partial charge in [0.25, 0.3) is 0 Å². The van der Waals surface area contributed by atoms with Crippen molar-refractivity contribution in [3.05, 3.63) is 106 Å². The summed E-state index contributed by atoms with van der Waals surface area (Å²) < 4.78 is 27.7. The fraction of sp³-hybridized carbons (Fsp3) is 0.350. The number of fused-ring (bicyclic) bond motifs is 1. The lowest BCUT2D eigenvalue weighted by Crippen LogP contribution is -2.54. The van der Waals surface area contributed by atoms with E-state index in [0.29, 0.717) is 42.8 Å². The van der Waals surface area contributed by atoms with Crippen molar-refractivity contribution >= 4 is 52.2 Å². The van der Waals surface area contributed by atoms with Crippen LogP contribution in [-0.2, 0) is 38.8 Å². The second-order valence-corrected chi connectivity index (χ2v) is 13.9. The number of ether oxygens (including phenoxy) is 2. The summed E-state index contributed by atoms with van der Waals surface area (Å²) in [5, 5.41) is 14.9. The molecule has 3 aromatic carbocycles. The van der Waals surface area contributed by atoms with Gasteiger partial charge in [-0.3, -0.25) is 14.4 Å². The number of aryl methyl sites for hydroxylation is 1. The molecule has 1 aromatic heterocycles. The number of piperazine rings is 1. The van der Waals surface area contributed by atoms with E-state index in [0.717, 1.165) is 11.6 Å². The third-order valence-corrected chi connectivity index (χ3v) is 10.2. The van der Waals surface area contributed by atoms with E-state index in [9.17, 15) is 33.9 Å². The average molecular weight is 771 g/mol. The number of likely N-dealkylation sites (tertiary alicyclic amines) is 1. The van der Waals surface area contributed by atoms with Crippen LogP contribution >= 0.6 is 0 Å². The van der Waals surface area contributed by atoms with Crippen molar-refractivity contribution in [3.8, 4) is 0 Å². The fourth-order valence-electron chi connectivity index (χ4n) is 6.83. The number of carboxylic acid groups (broad SMARTS) is 1. The van der Waals surface area contributed by atoms with Gasteiger partial charge in [-0.15, -0.1) is 0 Å². The van der Waals surface area contributed by atoms with E-state index in [1.54, 1.807) is 54.5 Å². The lowest BCUT2D eigenvalue weighted by atomic mass is 10.0. The molecule has 0 aliphatic carbocycles. The van der Waals surface area contributed by atoms with E-state index in [-0.39, 0.29) is 43.9 Å². The van der Waals surface area contributed by atoms with Gasteiger partial charge >= 0.3 is 18.2 Å². The second-order valence-electron chi connectivity index (χ2n) is 13.9. The first kappa shape index (κ1) is 39.2. The Morgan fingerprint density at radius 2 is 1.57 bits per heavy atom. The lowest BCUT2D eigenvalue weighted by Gasteiger charge is -2.35. The number of alkyl carbamates (subject to hydrolysis) is 1. The van der Waals surface area contributed by atoms with Crippen molar-refractivity contribution in [2.24, 2.45) is 0 Å². The monoisotopic (exact) mass is 770 g/mol. The molecule has 4 aromatic rings. The van der Waals surface area contributed by atoms with Gasteiger partial charge in [0.2, 0.25) is 17.2 Å². The van der Waals surface area contributed by atoms with E-state index in [4.69, 9.17) is 9.47 Å². The van der Waals surface area contributed by atoms with Crippen LogP contribution in [0.3, 0.4) is 0 Å². The number of rotatable bonds is 11. The predicted molar refractivity (Wildman–Crippen MR) is 204 cm³/mol. The van der Waals surface area contributed by atoms with Crippen LogP contribution in [0.2, 0.25) is 0 Å². The van der Waals surface area contributed by atoms with Crippen molar-refractivity contribution in [2.75, 3.05) is 42.9 Å². The van der Waals surface area contributed by atoms with Gasteiger partial charge in [0, 0.05) is 56.5 Å². The summed E-state index contributed by atoms with van der Waals surface area (Å²) in [5.74, 6) is -2.85. The first-order chi connectivity index (χ1) is 26.8. The number of carbonyl (C=O) groups excluding carboxylic acids is 4. The highest BCUT2D eigenvalue weighted by atomic mass is 19.1. The highest BCUT2D eigenvalue weighted by Gasteiger charge is 2.47. The number of carbonyl (C=O) groups is 5. The zero-order valence-electron chi connectivity index (χ0n) is 31.2. The zero-order valence-corrected chi connectivity index (χ0v) is 31.2. The van der Waals surface area contributed by atoms with Gasteiger partial charge in [-0.1, -0.05) is 42.5 Å². The molecule has 2 atom stereocenters. The third-order valence-electron chi connectivity index (χ3n) is 10.2. The molecule has 2 saturated heterocycles. The van der Waals surface area contributed by atoms with Crippen molar-refractivity contribution in [1.29, 1.82) is 0 Å². The van der Waals surface area contributed by atoms with Crippen LogP contribution in [0.25, 0.3) is 10.9 Å². The molecule has 16 heteroatoms. The number of hydrogen-bond donors (Lipinski definition) is 3. The van der Waals surface area contributed by atoms with E-state index in [1.165, 1.54) is 22.1 Å². The lowest BCUT2D eigenvalue weighted by molar-refractivity contribution is -0.138. The van der Waals surface area contributed by atoms with Crippen LogP contribution in [0.15, 0.2) is 77.7 Å². The molecular formula is C40H43FN6O9. The third kappa shape index (κ3) is 8.43. The van der Waals surface area contributed by atoms with E-state index in [1.807, 2.05) is 30.3 Å². The molecule has 2 fully saturated rings. The summed E-state index contributed by atoms with van der Waals surface area (Å²) in [6.45, 7) is 6.79. The Balaban J connectivity index is 0.963. The van der Waals surface area contributed by atoms with Crippen molar-refractivity contribution in [1.82, 2.24) is 19.7 Å². The molecule has 56 heavy (non-hydrogen) atoms. The minimum atomic E-state index is -1.38. The highest BCUT2D eigenvalue weighted by molar-refractivity contribution is 6.00. The number of anilines is 2. The van der Waals surface area contributed by atoms with Gasteiger partial charge in [-0.25, -0.2) is 18.8 Å². The molecule has 0 radical (unpaired) electrons. The van der Waals surface area contributed by atoms with E-state index >= 15 is 4.39 Å². The number of carboxylic acids is 1. The standard InChI is InChI=1S/C40H43FN6O9/c1-4-44-22-30(36(50)51)34(48)29-20-31(41)33(21-32(29)44)45-16-18-46(19-17-45)39(54)56-24-27-10-12-28(13-11-27)42-35(49)25(2)47-15-14-40(3,37(47)52)43-38(53)55-23-26-8-6-5-7-9-26/h5-13,20-22,25H,4,14-19,23-24H2,1-3H3,(H,42,49)(H,43,53)(H,50,51). The zero-order chi connectivity index (χ0) is 40.1. The molecule has 4 amide bonds. The summed E-state index contributed by atoms with van der Waals surface area (Å²) in [6, 6.07) is 17.7. The molecule has 0 saturated carbocycles. The van der Waals surface area contributed by atoms with Crippen LogP contribution in [0.4, 0.5) is 25.4 Å². The van der Waals surface area contributed by atoms with Crippen molar-refractivity contribution in [3.63, 3.8) is 0 Å². The summed E-state index contributed by atoms with van der Waals surface area (Å²) in [6.07, 6.45) is 0.295. The topological polar surface area (TPSA) is 180 Å². The number of halogens is 1. The predicted octanol–water partition coefficient (Wildman–Crippen LogP) is 4.56. The van der Waals surface area contributed by atoms with E-state index in [2.05, 4.69) is 10.6 Å². The molecule has 294 valence electrons. The van der Waals surface area contributed by atoms with Crippen LogP contribution < -0.4 is 21.0 Å². The molecule has 2 aliphatic heterocycles. The van der Waals surface area contributed by atoms with Gasteiger partial charge in [0.1, 0.15) is 36.2 Å². The number of aromatic nitrogens is 1. The minimum absolute atomic E-state index is 0.0173. The van der Waals surface area contributed by atoms with Gasteiger partial charge in [-0.2, -0.15) is 0 Å². The largest absolute Gasteiger partial charge is 0.477 e. The molecule has 6 rings (SSSR count). The Morgan fingerprint density at radius 1 is 0.911 bits per heavy atom. The SMILES string of the molecule is CCn1cc(C(=O)O)c(=O)c2cc(F)c(N3CCN(C(=O)OCc4ccc(NC(=O)C(C)N5CCC(C)(NC(=O)OCc6ccccc6)C5=O)cc4)CC3)cc21. The van der Waals surface area contributed by atoms with Crippen molar-refractivity contribution < 1.29 is 42.9 Å². The Bertz CT molecular complexity index is 2210. The smallest absolute Gasteiger partial charge is 0.410 e. The van der Waals surface area contributed by atoms with Gasteiger partial charge in [-0.05, 0) is 62.6 Å². The number of hydrogen-bond acceptors (Lipinski definition) is 9. The fourth-order valence-corrected chi connectivity index (χ4v) is 6.83. The maximum absolute atomic E-state index is 15.3. The maximum atomic E-state index is 15.3. The number of aromatic carboxylic acids is 1. The van der Waals surface area contributed by atoms with E-state index < -0.39 is 58.4 Å². The first-order valence-corrected chi connectivity index (χ1v) is 18.2. The number of benzene rings is 3. The van der Waals surface area contributed by atoms with Crippen molar-refractivity contribution in [2.45, 2.75) is 58.5 Å². The Morgan fingerprint density at radius 3 is 2.23 bits per heavy atom. The Kier molecular flexibility index (Phi) is 11.6. The number of nitrogens with one attached hydrogen (secondary N) is 2. The molecular weight excluding hydrogens is 727 g/mol. The number of nitrogens with zero attached hydrogens (tertiary/aromatic N) is 4. The normalized spacial score (nSPS) is 17.4. The highest BCUT2D eigenvalue weighted by Crippen LogP contribution is 2.28. The van der Waals surface area contributed by atoms with Crippen LogP contribution in [0, 0.1) is 5.82 Å². The van der Waals surface area contributed by atoms with Gasteiger partial charge < -0.3 is 44.5 Å². The number of amides is 4. The minimum Gasteiger partial charge on any atom is -0.477 e. The summed E-state index contributed by atoms with van der Waals surface area (Å²) >= 11 is 0. The number of pyridine rings is 1. The van der Waals surface area contributed by atoms with Crippen LogP contribution in [-0.4, -0.2) is 93.7 Å².